The molecule has 0 atom stereocenters. The van der Waals surface area contributed by atoms with E-state index in [1.807, 2.05) is 6.07 Å². The molecule has 2 N–H and O–H groups in total. The number of hydrogen-bond donors (Lipinski definition) is 2. The monoisotopic (exact) mass is 251 g/mol. The number of hydrogen-bond acceptors (Lipinski definition) is 3. The van der Waals surface area contributed by atoms with Gasteiger partial charge < -0.3 is 10.4 Å². The van der Waals surface area contributed by atoms with Gasteiger partial charge in [-0.3, -0.25) is 0 Å². The first-order valence-corrected chi connectivity index (χ1v) is 7.48. The number of aromatic hydroxyl groups is 1. The molecule has 17 heavy (non-hydrogen) atoms. The van der Waals surface area contributed by atoms with Crippen LogP contribution in [0.3, 0.4) is 0 Å². The van der Waals surface area contributed by atoms with Crippen molar-refractivity contribution in [3.8, 4) is 5.75 Å². The van der Waals surface area contributed by atoms with E-state index < -0.39 is 0 Å². The number of rotatable bonds is 4. The van der Waals surface area contributed by atoms with Crippen LogP contribution in [-0.2, 0) is 6.54 Å². The maximum absolute atomic E-state index is 9.73. The number of benzene rings is 1. The van der Waals surface area contributed by atoms with E-state index in [1.165, 1.54) is 29.9 Å². The first kappa shape index (κ1) is 12.8. The fourth-order valence-corrected chi connectivity index (χ4v) is 3.42. The summed E-state index contributed by atoms with van der Waals surface area (Å²) in [6.07, 6.45) is 2.66. The molecule has 2 nitrogen and oxygen atoms in total. The minimum atomic E-state index is 0.405. The van der Waals surface area contributed by atoms with Crippen LogP contribution in [0.15, 0.2) is 18.2 Å². The maximum atomic E-state index is 9.73. The smallest absolute Gasteiger partial charge is 0.120 e. The van der Waals surface area contributed by atoms with E-state index >= 15 is 0 Å². The predicted molar refractivity (Wildman–Crippen MR) is 74.6 cm³/mol. The molecule has 2 rings (SSSR count). The molecular weight excluding hydrogens is 230 g/mol. The largest absolute Gasteiger partial charge is 0.508 e. The van der Waals surface area contributed by atoms with Gasteiger partial charge in [0.25, 0.3) is 0 Å². The van der Waals surface area contributed by atoms with E-state index in [9.17, 15) is 5.11 Å². The van der Waals surface area contributed by atoms with E-state index in [2.05, 4.69) is 30.1 Å². The third-order valence-corrected chi connectivity index (χ3v) is 4.37. The molecule has 1 aromatic carbocycles. The molecular formula is C14H21NOS. The van der Waals surface area contributed by atoms with Crippen molar-refractivity contribution in [1.82, 2.24) is 5.32 Å². The van der Waals surface area contributed by atoms with Gasteiger partial charge >= 0.3 is 0 Å². The van der Waals surface area contributed by atoms with Crippen LogP contribution in [0.1, 0.15) is 24.0 Å². The summed E-state index contributed by atoms with van der Waals surface area (Å²) in [5.74, 6) is 3.84. The fraction of sp³-hybridized carbons (Fsp3) is 0.571. The second-order valence-corrected chi connectivity index (χ2v) is 6.04. The Kier molecular flexibility index (Phi) is 4.75. The fourth-order valence-electron chi connectivity index (χ4n) is 2.22. The van der Waals surface area contributed by atoms with Gasteiger partial charge in [0.15, 0.2) is 0 Å². The van der Waals surface area contributed by atoms with Crippen molar-refractivity contribution in [2.24, 2.45) is 5.92 Å². The molecule has 1 heterocycles. The van der Waals surface area contributed by atoms with Crippen LogP contribution in [0.25, 0.3) is 0 Å². The van der Waals surface area contributed by atoms with Gasteiger partial charge in [0.1, 0.15) is 5.75 Å². The van der Waals surface area contributed by atoms with Gasteiger partial charge in [-0.25, -0.2) is 0 Å². The molecule has 0 bridgehead atoms. The summed E-state index contributed by atoms with van der Waals surface area (Å²) in [5, 5.41) is 13.2. The normalized spacial score (nSPS) is 17.2. The number of nitrogens with one attached hydrogen (secondary N) is 1. The molecule has 0 unspecified atom stereocenters. The molecule has 94 valence electrons. The summed E-state index contributed by atoms with van der Waals surface area (Å²) in [7, 11) is 0. The highest BCUT2D eigenvalue weighted by Crippen LogP contribution is 2.22. The van der Waals surface area contributed by atoms with Crippen LogP contribution in [0.4, 0.5) is 0 Å². The molecule has 0 aliphatic carbocycles. The van der Waals surface area contributed by atoms with Crippen molar-refractivity contribution >= 4 is 11.8 Å². The summed E-state index contributed by atoms with van der Waals surface area (Å²) in [6, 6.07) is 5.78. The summed E-state index contributed by atoms with van der Waals surface area (Å²) in [5.41, 5.74) is 2.21. The zero-order valence-corrected chi connectivity index (χ0v) is 11.2. The SMILES string of the molecule is Cc1ccc(O)c(CNCC2CCSCC2)c1. The molecule has 0 amide bonds. The number of thioether (sulfide) groups is 1. The zero-order valence-electron chi connectivity index (χ0n) is 10.4. The Morgan fingerprint density at radius 2 is 2.12 bits per heavy atom. The molecule has 0 aromatic heterocycles. The van der Waals surface area contributed by atoms with E-state index in [0.29, 0.717) is 5.75 Å². The quantitative estimate of drug-likeness (QED) is 0.863. The van der Waals surface area contributed by atoms with Gasteiger partial charge in [-0.05, 0) is 49.8 Å². The summed E-state index contributed by atoms with van der Waals surface area (Å²) in [4.78, 5) is 0. The van der Waals surface area contributed by atoms with E-state index in [4.69, 9.17) is 0 Å². The summed E-state index contributed by atoms with van der Waals surface area (Å²) in [6.45, 7) is 3.91. The Hall–Kier alpha value is -0.670. The Bertz CT molecular complexity index is 361. The van der Waals surface area contributed by atoms with Crippen LogP contribution in [0, 0.1) is 12.8 Å². The number of phenolic OH excluding ortho intramolecular Hbond substituents is 1. The lowest BCUT2D eigenvalue weighted by molar-refractivity contribution is 0.436. The van der Waals surface area contributed by atoms with Crippen LogP contribution in [-0.4, -0.2) is 23.2 Å². The van der Waals surface area contributed by atoms with Gasteiger partial charge in [-0.15, -0.1) is 0 Å². The van der Waals surface area contributed by atoms with Crippen molar-refractivity contribution in [3.05, 3.63) is 29.3 Å². The van der Waals surface area contributed by atoms with Crippen molar-refractivity contribution in [3.63, 3.8) is 0 Å². The van der Waals surface area contributed by atoms with Crippen molar-refractivity contribution < 1.29 is 5.11 Å². The van der Waals surface area contributed by atoms with Gasteiger partial charge in [-0.2, -0.15) is 11.8 Å². The topological polar surface area (TPSA) is 32.3 Å². The first-order valence-electron chi connectivity index (χ1n) is 6.32. The molecule has 1 fully saturated rings. The zero-order chi connectivity index (χ0) is 12.1. The predicted octanol–water partition coefficient (Wildman–Crippen LogP) is 2.93. The second kappa shape index (κ2) is 6.31. The summed E-state index contributed by atoms with van der Waals surface area (Å²) >= 11 is 2.07. The van der Waals surface area contributed by atoms with Crippen LogP contribution < -0.4 is 5.32 Å². The molecule has 0 saturated carbocycles. The Morgan fingerprint density at radius 1 is 1.35 bits per heavy atom. The molecule has 1 aromatic rings. The lowest BCUT2D eigenvalue weighted by Crippen LogP contribution is -2.25. The standard InChI is InChI=1S/C14H21NOS/c1-11-2-3-14(16)13(8-11)10-15-9-12-4-6-17-7-5-12/h2-3,8,12,15-16H,4-7,9-10H2,1H3. The average Bonchev–Trinajstić information content (AvgIpc) is 2.35. The molecule has 3 heteroatoms. The van der Waals surface area contributed by atoms with Crippen LogP contribution in [0.5, 0.6) is 5.75 Å². The molecule has 0 radical (unpaired) electrons. The van der Waals surface area contributed by atoms with Crippen LogP contribution >= 0.6 is 11.8 Å². The lowest BCUT2D eigenvalue weighted by Gasteiger charge is -2.21. The Morgan fingerprint density at radius 3 is 2.88 bits per heavy atom. The lowest BCUT2D eigenvalue weighted by atomic mass is 10.0. The van der Waals surface area contributed by atoms with Gasteiger partial charge in [0.2, 0.25) is 0 Å². The van der Waals surface area contributed by atoms with Gasteiger partial charge in [0.05, 0.1) is 0 Å². The minimum absolute atomic E-state index is 0.405. The highest BCUT2D eigenvalue weighted by Gasteiger charge is 2.13. The molecule has 1 aliphatic rings. The van der Waals surface area contributed by atoms with E-state index in [1.54, 1.807) is 6.07 Å². The van der Waals surface area contributed by atoms with Crippen LogP contribution in [0.2, 0.25) is 0 Å². The second-order valence-electron chi connectivity index (χ2n) is 4.82. The average molecular weight is 251 g/mol. The van der Waals surface area contributed by atoms with E-state index in [0.717, 1.165) is 24.6 Å². The Balaban J connectivity index is 1.79. The third-order valence-electron chi connectivity index (χ3n) is 3.32. The van der Waals surface area contributed by atoms with E-state index in [-0.39, 0.29) is 0 Å². The van der Waals surface area contributed by atoms with Gasteiger partial charge in [0, 0.05) is 12.1 Å². The van der Waals surface area contributed by atoms with Crippen molar-refractivity contribution in [2.45, 2.75) is 26.3 Å². The molecule has 1 aliphatic heterocycles. The summed E-state index contributed by atoms with van der Waals surface area (Å²) < 4.78 is 0. The molecule has 1 saturated heterocycles. The highest BCUT2D eigenvalue weighted by molar-refractivity contribution is 7.99. The van der Waals surface area contributed by atoms with Crippen molar-refractivity contribution in [1.29, 1.82) is 0 Å². The first-order chi connectivity index (χ1) is 8.25. The minimum Gasteiger partial charge on any atom is -0.508 e. The number of aryl methyl sites for hydroxylation is 1. The van der Waals surface area contributed by atoms with Gasteiger partial charge in [-0.1, -0.05) is 17.7 Å². The molecule has 0 spiro atoms. The third kappa shape index (κ3) is 3.93. The number of phenols is 1. The highest BCUT2D eigenvalue weighted by atomic mass is 32.2. The maximum Gasteiger partial charge on any atom is 0.120 e. The van der Waals surface area contributed by atoms with Crippen molar-refractivity contribution in [2.75, 3.05) is 18.1 Å². The Labute approximate surface area is 108 Å².